The van der Waals surface area contributed by atoms with Crippen molar-refractivity contribution >= 4 is 71.8 Å². The van der Waals surface area contributed by atoms with Gasteiger partial charge in [-0.3, -0.25) is 48.0 Å². The van der Waals surface area contributed by atoms with Crippen LogP contribution in [0.4, 0.5) is 5.69 Å². The average molecular weight is 842 g/mol. The van der Waals surface area contributed by atoms with Gasteiger partial charge in [0.05, 0.1) is 17.9 Å². The maximum Gasteiger partial charge on any atom is 0.323 e. The van der Waals surface area contributed by atoms with Crippen LogP contribution >= 0.6 is 12.6 Å². The van der Waals surface area contributed by atoms with E-state index < -0.39 is 127 Å². The van der Waals surface area contributed by atoms with Crippen molar-refractivity contribution < 1.29 is 95.4 Å². The quantitative estimate of drug-likeness (QED) is 0.116. The second-order valence-corrected chi connectivity index (χ2v) is 13.5. The largest absolute Gasteiger partial charge is 0.463 e. The summed E-state index contributed by atoms with van der Waals surface area (Å²) in [5, 5.41) is 0.645. The zero-order chi connectivity index (χ0) is 43.2. The summed E-state index contributed by atoms with van der Waals surface area (Å²) in [5.74, 6) is -8.78. The molecule has 0 aliphatic carbocycles. The van der Waals surface area contributed by atoms with Gasteiger partial charge in [-0.1, -0.05) is 12.1 Å². The summed E-state index contributed by atoms with van der Waals surface area (Å²) in [6.07, 6.45) is -14.5. The molecule has 22 heteroatoms. The second kappa shape index (κ2) is 19.1. The van der Waals surface area contributed by atoms with Crippen molar-refractivity contribution in [2.75, 3.05) is 24.9 Å². The fourth-order valence-electron chi connectivity index (χ4n) is 6.76. The predicted octanol–water partition coefficient (Wildman–Crippen LogP) is 0.544. The number of carbonyl (C=O) groups excluding carboxylic acids is 9. The SMILES string of the molecule is CCON1C(=O)C(=O)c2cccc([C@]3(O[C@H]4O[C@H](COC(C)=O)[C@@H](OC(C)=O)[C@H](OC(C)=O)[C@H]4OC(C)=O)[C@H](OC(C)=O)[C@@H](OC(C)=O)[C@H](S)O[C@@H]3COC(C)=O)c21. The second-order valence-electron chi connectivity index (χ2n) is 12.9. The van der Waals surface area contributed by atoms with E-state index in [0.29, 0.717) is 5.06 Å². The average Bonchev–Trinajstić information content (AvgIpc) is 3.35. The number of Topliss-reactive ketones (excluding diaryl/α,β-unsaturated/α-hetero) is 1. The highest BCUT2D eigenvalue weighted by molar-refractivity contribution is 7.80. The van der Waals surface area contributed by atoms with Gasteiger partial charge in [-0.2, -0.15) is 5.06 Å². The Balaban J connectivity index is 2.17. The Labute approximate surface area is 336 Å². The predicted molar refractivity (Wildman–Crippen MR) is 190 cm³/mol. The minimum Gasteiger partial charge on any atom is -0.463 e. The molecule has 0 radical (unpaired) electrons. The van der Waals surface area contributed by atoms with Crippen molar-refractivity contribution in [2.24, 2.45) is 0 Å². The number of esters is 7. The van der Waals surface area contributed by atoms with Gasteiger partial charge in [0.2, 0.25) is 6.29 Å². The summed E-state index contributed by atoms with van der Waals surface area (Å²) < 4.78 is 58.2. The molecule has 10 atom stereocenters. The summed E-state index contributed by atoms with van der Waals surface area (Å²) in [5.41, 5.74) is -4.94. The maximum atomic E-state index is 13.4. The first kappa shape index (κ1) is 45.5. The summed E-state index contributed by atoms with van der Waals surface area (Å²) in [4.78, 5) is 121. The van der Waals surface area contributed by atoms with Gasteiger partial charge in [0.15, 0.2) is 36.1 Å². The highest BCUT2D eigenvalue weighted by Crippen LogP contribution is 2.52. The number of carbonyl (C=O) groups is 9. The highest BCUT2D eigenvalue weighted by atomic mass is 32.1. The minimum atomic E-state index is -2.63. The van der Waals surface area contributed by atoms with E-state index in [0.717, 1.165) is 48.5 Å². The number of para-hydroxylation sites is 1. The number of ketones is 1. The third kappa shape index (κ3) is 9.92. The molecule has 0 aromatic heterocycles. The van der Waals surface area contributed by atoms with Gasteiger partial charge in [-0.15, -0.1) is 12.6 Å². The summed E-state index contributed by atoms with van der Waals surface area (Å²) in [6, 6.07) is 3.89. The Morgan fingerprint density at radius 2 is 1.22 bits per heavy atom. The van der Waals surface area contributed by atoms with Gasteiger partial charge in [0, 0.05) is 54.0 Å². The van der Waals surface area contributed by atoms with Gasteiger partial charge in [-0.25, -0.2) is 0 Å². The van der Waals surface area contributed by atoms with E-state index in [1.165, 1.54) is 25.1 Å². The van der Waals surface area contributed by atoms with Crippen LogP contribution < -0.4 is 5.06 Å². The van der Waals surface area contributed by atoms with E-state index in [2.05, 4.69) is 12.6 Å². The Bertz CT molecular complexity index is 1820. The highest BCUT2D eigenvalue weighted by Gasteiger charge is 2.66. The lowest BCUT2D eigenvalue weighted by Crippen LogP contribution is -2.70. The van der Waals surface area contributed by atoms with Gasteiger partial charge >= 0.3 is 47.7 Å². The lowest BCUT2D eigenvalue weighted by molar-refractivity contribution is -0.374. The summed E-state index contributed by atoms with van der Waals surface area (Å²) >= 11 is 4.47. The van der Waals surface area contributed by atoms with Crippen LogP contribution in [0, 0.1) is 0 Å². The first-order valence-electron chi connectivity index (χ1n) is 17.7. The van der Waals surface area contributed by atoms with Crippen LogP contribution in [0.1, 0.15) is 71.3 Å². The van der Waals surface area contributed by atoms with Crippen molar-refractivity contribution in [3.05, 3.63) is 29.3 Å². The first-order chi connectivity index (χ1) is 27.2. The van der Waals surface area contributed by atoms with Crippen molar-refractivity contribution in [3.63, 3.8) is 0 Å². The molecule has 0 spiro atoms. The van der Waals surface area contributed by atoms with Crippen LogP contribution in [0.15, 0.2) is 18.2 Å². The molecule has 0 N–H and O–H groups in total. The monoisotopic (exact) mass is 841 g/mol. The minimum absolute atomic E-state index is 0.171. The lowest BCUT2D eigenvalue weighted by atomic mass is 9.76. The number of ether oxygens (including phenoxy) is 10. The van der Waals surface area contributed by atoms with Gasteiger partial charge in [-0.05, 0) is 13.0 Å². The zero-order valence-electron chi connectivity index (χ0n) is 32.6. The van der Waals surface area contributed by atoms with Crippen molar-refractivity contribution in [1.29, 1.82) is 0 Å². The van der Waals surface area contributed by atoms with Gasteiger partial charge in [0.1, 0.15) is 30.9 Å². The molecule has 3 aliphatic rings. The molecule has 58 heavy (non-hydrogen) atoms. The number of hydrogen-bond acceptors (Lipinski definition) is 21. The standard InChI is InChI=1S/C36H43NO20S/c1-9-49-37-26-22(27(45)33(37)46)11-10-12-23(26)36(25(14-48-16(3)39)56-35(58)31(53-20(7)43)32(36)54-21(8)44)57-34-30(52-19(6)42)29(51-18(5)41)28(50-17(4)40)24(55-34)13-47-15(2)38/h10-12,24-25,28-32,34-35,58H,9,13-14H2,1-8H3/t24-,25-,28-,29+,30-,31-,32-,34-,35+,36-/m1/s1. The molecule has 1 aromatic rings. The molecule has 2 fully saturated rings. The number of benzene rings is 1. The molecule has 1 aromatic carbocycles. The van der Waals surface area contributed by atoms with E-state index in [1.807, 2.05) is 0 Å². The van der Waals surface area contributed by atoms with Crippen LogP contribution in [0.2, 0.25) is 0 Å². The number of hydroxylamine groups is 1. The van der Waals surface area contributed by atoms with E-state index in [1.54, 1.807) is 0 Å². The Hall–Kier alpha value is -5.16. The Morgan fingerprint density at radius 1 is 0.690 bits per heavy atom. The third-order valence-electron chi connectivity index (χ3n) is 8.62. The fourth-order valence-corrected chi connectivity index (χ4v) is 7.12. The number of fused-ring (bicyclic) bond motifs is 1. The molecule has 21 nitrogen and oxygen atoms in total. The third-order valence-corrected chi connectivity index (χ3v) is 9.03. The molecule has 318 valence electrons. The smallest absolute Gasteiger partial charge is 0.323 e. The van der Waals surface area contributed by atoms with E-state index >= 15 is 0 Å². The topological polar surface area (TPSA) is 258 Å². The van der Waals surface area contributed by atoms with E-state index in [-0.39, 0.29) is 23.4 Å². The first-order valence-corrected chi connectivity index (χ1v) is 18.2. The molecular weight excluding hydrogens is 798 g/mol. The maximum absolute atomic E-state index is 13.4. The molecule has 0 saturated carbocycles. The van der Waals surface area contributed by atoms with E-state index in [9.17, 15) is 43.2 Å². The van der Waals surface area contributed by atoms with E-state index in [4.69, 9.17) is 52.2 Å². The van der Waals surface area contributed by atoms with Crippen LogP contribution in [-0.2, 0) is 96.2 Å². The van der Waals surface area contributed by atoms with Crippen molar-refractivity contribution in [2.45, 2.75) is 115 Å². The fraction of sp³-hybridized carbons (Fsp3) is 0.583. The van der Waals surface area contributed by atoms with Crippen LogP contribution in [0.5, 0.6) is 0 Å². The number of thiol groups is 1. The number of hydrogen-bond donors (Lipinski definition) is 1. The molecule has 4 rings (SSSR count). The summed E-state index contributed by atoms with van der Waals surface area (Å²) in [6.45, 7) is 6.98. The van der Waals surface area contributed by atoms with Crippen molar-refractivity contribution in [1.82, 2.24) is 0 Å². The number of amides is 1. The Morgan fingerprint density at radius 3 is 1.78 bits per heavy atom. The number of rotatable bonds is 14. The molecule has 1 amide bonds. The van der Waals surface area contributed by atoms with Crippen LogP contribution in [0.25, 0.3) is 0 Å². The molecule has 2 saturated heterocycles. The van der Waals surface area contributed by atoms with Gasteiger partial charge in [0.25, 0.3) is 5.78 Å². The van der Waals surface area contributed by atoms with Crippen LogP contribution in [0.3, 0.4) is 0 Å². The van der Waals surface area contributed by atoms with Crippen LogP contribution in [-0.4, -0.2) is 128 Å². The van der Waals surface area contributed by atoms with Crippen molar-refractivity contribution in [3.8, 4) is 0 Å². The number of nitrogens with zero attached hydrogens (tertiary/aromatic N) is 1. The summed E-state index contributed by atoms with van der Waals surface area (Å²) in [7, 11) is 0. The lowest BCUT2D eigenvalue weighted by Gasteiger charge is -2.54. The molecule has 3 heterocycles. The molecule has 0 unspecified atom stereocenters. The molecule has 3 aliphatic heterocycles. The molecule has 0 bridgehead atoms. The Kier molecular flexibility index (Phi) is 15.0. The normalized spacial score (nSPS) is 29.1. The molecular formula is C36H43NO20S. The zero-order valence-corrected chi connectivity index (χ0v) is 33.5. The number of anilines is 1. The van der Waals surface area contributed by atoms with Gasteiger partial charge < -0.3 is 47.4 Å².